The number of aromatic nitrogens is 2. The Kier molecular flexibility index (Phi) is 5.78. The van der Waals surface area contributed by atoms with E-state index in [2.05, 4.69) is 9.97 Å². The quantitative estimate of drug-likeness (QED) is 0.645. The molecule has 3 rings (SSSR count). The van der Waals surface area contributed by atoms with Crippen LogP contribution in [0.15, 0.2) is 42.6 Å². The highest BCUT2D eigenvalue weighted by Gasteiger charge is 2.11. The van der Waals surface area contributed by atoms with E-state index in [1.807, 2.05) is 12.1 Å². The molecule has 0 spiro atoms. The summed E-state index contributed by atoms with van der Waals surface area (Å²) in [5.41, 5.74) is 13.5. The van der Waals surface area contributed by atoms with E-state index in [4.69, 9.17) is 25.7 Å². The van der Waals surface area contributed by atoms with Gasteiger partial charge in [-0.15, -0.1) is 0 Å². The first-order valence-electron chi connectivity index (χ1n) is 8.49. The Balaban J connectivity index is 1.74. The third kappa shape index (κ3) is 4.40. The van der Waals surface area contributed by atoms with Crippen molar-refractivity contribution in [2.24, 2.45) is 0 Å². The maximum atomic E-state index is 14.1. The van der Waals surface area contributed by atoms with Crippen molar-refractivity contribution in [3.63, 3.8) is 0 Å². The molecule has 0 fully saturated rings. The topological polar surface area (TPSA) is 106 Å². The van der Waals surface area contributed by atoms with Crippen LogP contribution < -0.4 is 25.7 Å². The van der Waals surface area contributed by atoms with E-state index < -0.39 is 5.82 Å². The lowest BCUT2D eigenvalue weighted by Crippen LogP contribution is -2.04. The molecular formula is C20H21FN4O3. The minimum Gasteiger partial charge on any atom is -0.497 e. The second-order valence-electron chi connectivity index (χ2n) is 6.05. The number of halogens is 1. The summed E-state index contributed by atoms with van der Waals surface area (Å²) in [5, 5.41) is 0. The van der Waals surface area contributed by atoms with Gasteiger partial charge in [-0.25, -0.2) is 9.37 Å². The lowest BCUT2D eigenvalue weighted by molar-refractivity contribution is 0.279. The van der Waals surface area contributed by atoms with Gasteiger partial charge in [-0.05, 0) is 29.8 Å². The predicted octanol–water partition coefficient (Wildman–Crippen LogP) is 2.97. The van der Waals surface area contributed by atoms with E-state index in [1.54, 1.807) is 31.5 Å². The Bertz CT molecular complexity index is 982. The lowest BCUT2D eigenvalue weighted by Gasteiger charge is -2.13. The minimum absolute atomic E-state index is 0.0598. The highest BCUT2D eigenvalue weighted by atomic mass is 19.1. The molecule has 1 heterocycles. The van der Waals surface area contributed by atoms with Crippen molar-refractivity contribution in [1.29, 1.82) is 0 Å². The van der Waals surface area contributed by atoms with Crippen molar-refractivity contribution in [1.82, 2.24) is 9.97 Å². The standard InChI is InChI=1S/C20H21FN4O3/c1-26-15-5-4-13(16(21)9-15)11-28-17-6-3-12(8-18(17)27-2)7-14-10-24-20(23)25-19(14)22/h3-6,8-10H,7,11H2,1-2H3,(H4,22,23,24,25). The van der Waals surface area contributed by atoms with Crippen LogP contribution in [0.2, 0.25) is 0 Å². The largest absolute Gasteiger partial charge is 0.497 e. The number of hydrogen-bond acceptors (Lipinski definition) is 7. The van der Waals surface area contributed by atoms with E-state index in [1.165, 1.54) is 13.2 Å². The van der Waals surface area contributed by atoms with Crippen LogP contribution in [0.25, 0.3) is 0 Å². The molecule has 7 nitrogen and oxygen atoms in total. The molecule has 0 atom stereocenters. The lowest BCUT2D eigenvalue weighted by atomic mass is 10.1. The second-order valence-corrected chi connectivity index (χ2v) is 6.05. The minimum atomic E-state index is -0.395. The number of nitrogen functional groups attached to an aromatic ring is 2. The Hall–Kier alpha value is -3.55. The van der Waals surface area contributed by atoms with Crippen LogP contribution in [-0.2, 0) is 13.0 Å². The van der Waals surface area contributed by atoms with Crippen LogP contribution in [0.4, 0.5) is 16.2 Å². The predicted molar refractivity (Wildman–Crippen MR) is 104 cm³/mol. The molecule has 2 aromatic carbocycles. The van der Waals surface area contributed by atoms with Gasteiger partial charge < -0.3 is 25.7 Å². The molecule has 0 saturated carbocycles. The van der Waals surface area contributed by atoms with Gasteiger partial charge in [0.05, 0.1) is 14.2 Å². The fourth-order valence-corrected chi connectivity index (χ4v) is 2.66. The first-order chi connectivity index (χ1) is 13.5. The molecular weight excluding hydrogens is 363 g/mol. The molecule has 28 heavy (non-hydrogen) atoms. The number of nitrogens with zero attached hydrogens (tertiary/aromatic N) is 2. The molecule has 0 amide bonds. The third-order valence-electron chi connectivity index (χ3n) is 4.18. The molecule has 0 unspecified atom stereocenters. The number of nitrogens with two attached hydrogens (primary N) is 2. The summed E-state index contributed by atoms with van der Waals surface area (Å²) in [7, 11) is 3.03. The van der Waals surface area contributed by atoms with Crippen molar-refractivity contribution in [3.8, 4) is 17.2 Å². The van der Waals surface area contributed by atoms with E-state index in [0.717, 1.165) is 11.1 Å². The van der Waals surface area contributed by atoms with E-state index in [9.17, 15) is 4.39 Å². The van der Waals surface area contributed by atoms with Gasteiger partial charge in [0.1, 0.15) is 24.0 Å². The van der Waals surface area contributed by atoms with Crippen molar-refractivity contribution in [2.45, 2.75) is 13.0 Å². The fourth-order valence-electron chi connectivity index (χ4n) is 2.66. The van der Waals surface area contributed by atoms with Crippen molar-refractivity contribution in [2.75, 3.05) is 25.7 Å². The van der Waals surface area contributed by atoms with E-state index in [0.29, 0.717) is 35.1 Å². The van der Waals surface area contributed by atoms with Crippen LogP contribution in [0, 0.1) is 5.82 Å². The van der Waals surface area contributed by atoms with Gasteiger partial charge in [0.15, 0.2) is 11.5 Å². The summed E-state index contributed by atoms with van der Waals surface area (Å²) in [6, 6.07) is 10.1. The van der Waals surface area contributed by atoms with Gasteiger partial charge in [0, 0.05) is 29.8 Å². The van der Waals surface area contributed by atoms with Crippen LogP contribution in [0.1, 0.15) is 16.7 Å². The Labute approximate surface area is 162 Å². The molecule has 0 aliphatic heterocycles. The first-order valence-corrected chi connectivity index (χ1v) is 8.49. The summed E-state index contributed by atoms with van der Waals surface area (Å²) in [4.78, 5) is 7.92. The summed E-state index contributed by atoms with van der Waals surface area (Å²) in [6.07, 6.45) is 2.11. The van der Waals surface area contributed by atoms with Gasteiger partial charge >= 0.3 is 0 Å². The highest BCUT2D eigenvalue weighted by molar-refractivity contribution is 5.48. The van der Waals surface area contributed by atoms with Gasteiger partial charge in [-0.2, -0.15) is 4.98 Å². The molecule has 146 valence electrons. The first kappa shape index (κ1) is 19.2. The van der Waals surface area contributed by atoms with Gasteiger partial charge in [0.2, 0.25) is 5.95 Å². The van der Waals surface area contributed by atoms with E-state index in [-0.39, 0.29) is 12.6 Å². The van der Waals surface area contributed by atoms with Crippen LogP contribution in [0.3, 0.4) is 0 Å². The second kappa shape index (κ2) is 8.43. The average molecular weight is 384 g/mol. The molecule has 0 aliphatic carbocycles. The fraction of sp³-hybridized carbons (Fsp3) is 0.200. The molecule has 0 bridgehead atoms. The highest BCUT2D eigenvalue weighted by Crippen LogP contribution is 2.30. The van der Waals surface area contributed by atoms with Crippen LogP contribution >= 0.6 is 0 Å². The summed E-state index contributed by atoms with van der Waals surface area (Å²) >= 11 is 0. The van der Waals surface area contributed by atoms with Gasteiger partial charge in [-0.3, -0.25) is 0 Å². The van der Waals surface area contributed by atoms with Crippen molar-refractivity contribution < 1.29 is 18.6 Å². The van der Waals surface area contributed by atoms with Crippen molar-refractivity contribution >= 4 is 11.8 Å². The SMILES string of the molecule is COc1ccc(COc2ccc(Cc3cnc(N)nc3N)cc2OC)c(F)c1. The third-order valence-corrected chi connectivity index (χ3v) is 4.18. The van der Waals surface area contributed by atoms with Crippen LogP contribution in [0.5, 0.6) is 17.2 Å². The molecule has 3 aromatic rings. The summed E-state index contributed by atoms with van der Waals surface area (Å²) in [6.45, 7) is 0.0598. The zero-order valence-electron chi connectivity index (χ0n) is 15.6. The van der Waals surface area contributed by atoms with Gasteiger partial charge in [-0.1, -0.05) is 6.07 Å². The van der Waals surface area contributed by atoms with Crippen molar-refractivity contribution in [3.05, 3.63) is 65.1 Å². The number of hydrogen-bond donors (Lipinski definition) is 2. The smallest absolute Gasteiger partial charge is 0.221 e. The monoisotopic (exact) mass is 384 g/mol. The maximum Gasteiger partial charge on any atom is 0.221 e. The zero-order valence-corrected chi connectivity index (χ0v) is 15.6. The zero-order chi connectivity index (χ0) is 20.1. The van der Waals surface area contributed by atoms with Gasteiger partial charge in [0.25, 0.3) is 0 Å². The number of benzene rings is 2. The number of ether oxygens (including phenoxy) is 3. The molecule has 4 N–H and O–H groups in total. The number of anilines is 2. The number of rotatable bonds is 7. The average Bonchev–Trinajstić information content (AvgIpc) is 2.69. The maximum absolute atomic E-state index is 14.1. The molecule has 0 saturated heterocycles. The molecule has 8 heteroatoms. The molecule has 0 aliphatic rings. The Morgan fingerprint density at radius 3 is 2.46 bits per heavy atom. The number of methoxy groups -OCH3 is 2. The summed E-state index contributed by atoms with van der Waals surface area (Å²) in [5.74, 6) is 1.56. The van der Waals surface area contributed by atoms with E-state index >= 15 is 0 Å². The Morgan fingerprint density at radius 1 is 0.964 bits per heavy atom. The van der Waals surface area contributed by atoms with Crippen LogP contribution in [-0.4, -0.2) is 24.2 Å². The molecule has 0 radical (unpaired) electrons. The summed E-state index contributed by atoms with van der Waals surface area (Å²) < 4.78 is 30.2. The molecule has 1 aromatic heterocycles. The Morgan fingerprint density at radius 2 is 1.79 bits per heavy atom. The normalized spacial score (nSPS) is 10.5.